The standard InChI is InChI=1S/C26H25FN4O2/c1-17-22-14-23(32)31(15-18-9-11-21(27)12-10-18)25(22)29-24(28-17)20-8-5-13-30(16-20)26(33)19-6-3-2-4-7-19/h2-4,6-7,9-12,20H,5,8,13-16H2,1H3. The summed E-state index contributed by atoms with van der Waals surface area (Å²) in [5.41, 5.74) is 3.17. The van der Waals surface area contributed by atoms with Gasteiger partial charge in [-0.3, -0.25) is 14.5 Å². The van der Waals surface area contributed by atoms with Crippen molar-refractivity contribution in [1.29, 1.82) is 0 Å². The zero-order chi connectivity index (χ0) is 22.9. The monoisotopic (exact) mass is 444 g/mol. The van der Waals surface area contributed by atoms with Gasteiger partial charge >= 0.3 is 0 Å². The lowest BCUT2D eigenvalue weighted by Crippen LogP contribution is -2.39. The highest BCUT2D eigenvalue weighted by atomic mass is 19.1. The number of anilines is 1. The van der Waals surface area contributed by atoms with E-state index >= 15 is 0 Å². The Labute approximate surface area is 192 Å². The number of halogens is 1. The second-order valence-corrected chi connectivity index (χ2v) is 8.71. The molecule has 7 heteroatoms. The second kappa shape index (κ2) is 8.73. The van der Waals surface area contributed by atoms with Crippen molar-refractivity contribution in [3.63, 3.8) is 0 Å². The quantitative estimate of drug-likeness (QED) is 0.609. The largest absolute Gasteiger partial charge is 0.338 e. The van der Waals surface area contributed by atoms with E-state index in [4.69, 9.17) is 9.97 Å². The van der Waals surface area contributed by atoms with Crippen LogP contribution in [0, 0.1) is 12.7 Å². The van der Waals surface area contributed by atoms with Crippen LogP contribution in [0.3, 0.4) is 0 Å². The smallest absolute Gasteiger partial charge is 0.253 e. The van der Waals surface area contributed by atoms with Gasteiger partial charge in [0.25, 0.3) is 5.91 Å². The highest BCUT2D eigenvalue weighted by Gasteiger charge is 2.34. The number of aryl methyl sites for hydroxylation is 1. The lowest BCUT2D eigenvalue weighted by Gasteiger charge is -2.32. The summed E-state index contributed by atoms with van der Waals surface area (Å²) in [5.74, 6) is 1.01. The Morgan fingerprint density at radius 3 is 2.61 bits per heavy atom. The van der Waals surface area contributed by atoms with Crippen LogP contribution in [-0.2, 0) is 17.8 Å². The van der Waals surface area contributed by atoms with Crippen LogP contribution in [0.1, 0.15) is 51.8 Å². The molecule has 3 heterocycles. The molecule has 1 saturated heterocycles. The van der Waals surface area contributed by atoms with E-state index in [1.54, 1.807) is 17.0 Å². The lowest BCUT2D eigenvalue weighted by atomic mass is 9.96. The molecule has 5 rings (SSSR count). The van der Waals surface area contributed by atoms with Crippen molar-refractivity contribution in [2.24, 2.45) is 0 Å². The summed E-state index contributed by atoms with van der Waals surface area (Å²) in [7, 11) is 0. The van der Waals surface area contributed by atoms with Gasteiger partial charge in [0.1, 0.15) is 17.5 Å². The van der Waals surface area contributed by atoms with E-state index in [0.717, 1.165) is 29.7 Å². The third kappa shape index (κ3) is 4.23. The zero-order valence-electron chi connectivity index (χ0n) is 18.5. The van der Waals surface area contributed by atoms with Gasteiger partial charge in [0.15, 0.2) is 0 Å². The predicted octanol–water partition coefficient (Wildman–Crippen LogP) is 4.03. The molecule has 0 saturated carbocycles. The van der Waals surface area contributed by atoms with Crippen LogP contribution >= 0.6 is 0 Å². The molecular weight excluding hydrogens is 419 g/mol. The Morgan fingerprint density at radius 1 is 1.09 bits per heavy atom. The van der Waals surface area contributed by atoms with Gasteiger partial charge in [0.05, 0.1) is 13.0 Å². The summed E-state index contributed by atoms with van der Waals surface area (Å²) in [6.45, 7) is 3.51. The van der Waals surface area contributed by atoms with Crippen LogP contribution in [-0.4, -0.2) is 39.8 Å². The SMILES string of the molecule is Cc1nc(C2CCCN(C(=O)c3ccccc3)C2)nc2c1CC(=O)N2Cc1ccc(F)cc1. The zero-order valence-corrected chi connectivity index (χ0v) is 18.5. The number of amides is 2. The number of benzene rings is 2. The molecule has 0 spiro atoms. The molecule has 2 aliphatic rings. The predicted molar refractivity (Wildman–Crippen MR) is 122 cm³/mol. The van der Waals surface area contributed by atoms with Gasteiger partial charge in [0, 0.05) is 35.8 Å². The lowest BCUT2D eigenvalue weighted by molar-refractivity contribution is -0.117. The third-order valence-corrected chi connectivity index (χ3v) is 6.44. The highest BCUT2D eigenvalue weighted by molar-refractivity contribution is 6.00. The number of aromatic nitrogens is 2. The van der Waals surface area contributed by atoms with Gasteiger partial charge in [-0.05, 0) is 49.6 Å². The minimum absolute atomic E-state index is 0.0128. The van der Waals surface area contributed by atoms with Gasteiger partial charge in [-0.25, -0.2) is 14.4 Å². The molecule has 1 aromatic heterocycles. The van der Waals surface area contributed by atoms with Crippen LogP contribution in [0.5, 0.6) is 0 Å². The summed E-state index contributed by atoms with van der Waals surface area (Å²) in [6.07, 6.45) is 2.04. The summed E-state index contributed by atoms with van der Waals surface area (Å²) in [6, 6.07) is 15.5. The maximum atomic E-state index is 13.3. The van der Waals surface area contributed by atoms with Crippen molar-refractivity contribution < 1.29 is 14.0 Å². The average Bonchev–Trinajstić information content (AvgIpc) is 3.16. The van der Waals surface area contributed by atoms with Gasteiger partial charge in [0.2, 0.25) is 5.91 Å². The molecule has 0 aliphatic carbocycles. The molecule has 3 aromatic rings. The number of carbonyl (C=O) groups is 2. The van der Waals surface area contributed by atoms with E-state index in [9.17, 15) is 14.0 Å². The number of fused-ring (bicyclic) bond motifs is 1. The Hall–Kier alpha value is -3.61. The summed E-state index contributed by atoms with van der Waals surface area (Å²) in [5, 5.41) is 0. The minimum Gasteiger partial charge on any atom is -0.338 e. The van der Waals surface area contributed by atoms with E-state index in [1.165, 1.54) is 12.1 Å². The molecule has 1 unspecified atom stereocenters. The Kier molecular flexibility index (Phi) is 5.62. The molecule has 0 N–H and O–H groups in total. The van der Waals surface area contributed by atoms with E-state index in [2.05, 4.69) is 0 Å². The van der Waals surface area contributed by atoms with Crippen LogP contribution in [0.15, 0.2) is 54.6 Å². The summed E-state index contributed by atoms with van der Waals surface area (Å²) in [4.78, 5) is 38.8. The fraction of sp³-hybridized carbons (Fsp3) is 0.308. The van der Waals surface area contributed by atoms with Crippen molar-refractivity contribution in [1.82, 2.24) is 14.9 Å². The van der Waals surface area contributed by atoms with E-state index < -0.39 is 0 Å². The van der Waals surface area contributed by atoms with Gasteiger partial charge in [-0.2, -0.15) is 0 Å². The first-order valence-electron chi connectivity index (χ1n) is 11.3. The molecule has 2 amide bonds. The van der Waals surface area contributed by atoms with Crippen molar-refractivity contribution >= 4 is 17.6 Å². The van der Waals surface area contributed by atoms with Gasteiger partial charge < -0.3 is 4.90 Å². The second-order valence-electron chi connectivity index (χ2n) is 8.71. The number of likely N-dealkylation sites (tertiary alicyclic amines) is 1. The van der Waals surface area contributed by atoms with Gasteiger partial charge in [-0.15, -0.1) is 0 Å². The number of rotatable bonds is 4. The molecule has 2 aromatic carbocycles. The first-order valence-corrected chi connectivity index (χ1v) is 11.3. The van der Waals surface area contributed by atoms with Crippen LogP contribution in [0.4, 0.5) is 10.2 Å². The van der Waals surface area contributed by atoms with E-state index in [0.29, 0.717) is 36.8 Å². The molecule has 0 radical (unpaired) electrons. The fourth-order valence-electron chi connectivity index (χ4n) is 4.65. The number of nitrogens with zero attached hydrogens (tertiary/aromatic N) is 4. The van der Waals surface area contributed by atoms with Crippen LogP contribution in [0.2, 0.25) is 0 Å². The normalized spacial score (nSPS) is 17.9. The number of hydrogen-bond acceptors (Lipinski definition) is 4. The Balaban J connectivity index is 1.40. The minimum atomic E-state index is -0.306. The first-order chi connectivity index (χ1) is 16.0. The van der Waals surface area contributed by atoms with Crippen molar-refractivity contribution in [2.45, 2.75) is 38.6 Å². The first kappa shape index (κ1) is 21.2. The number of carbonyl (C=O) groups excluding carboxylic acids is 2. The molecule has 0 bridgehead atoms. The van der Waals surface area contributed by atoms with E-state index in [1.807, 2.05) is 42.2 Å². The summed E-state index contributed by atoms with van der Waals surface area (Å²) >= 11 is 0. The Morgan fingerprint density at radius 2 is 1.85 bits per heavy atom. The topological polar surface area (TPSA) is 66.4 Å². The fourth-order valence-corrected chi connectivity index (χ4v) is 4.65. The molecule has 1 fully saturated rings. The highest BCUT2D eigenvalue weighted by Crippen LogP contribution is 2.33. The average molecular weight is 445 g/mol. The number of hydrogen-bond donors (Lipinski definition) is 0. The van der Waals surface area contributed by atoms with Crippen molar-refractivity contribution in [3.05, 3.63) is 88.6 Å². The summed E-state index contributed by atoms with van der Waals surface area (Å²) < 4.78 is 13.3. The maximum absolute atomic E-state index is 13.3. The Bertz CT molecular complexity index is 1200. The van der Waals surface area contributed by atoms with E-state index in [-0.39, 0.29) is 30.0 Å². The molecule has 168 valence electrons. The van der Waals surface area contributed by atoms with Crippen LogP contribution in [0.25, 0.3) is 0 Å². The third-order valence-electron chi connectivity index (χ3n) is 6.44. The van der Waals surface area contributed by atoms with Crippen molar-refractivity contribution in [3.8, 4) is 0 Å². The molecule has 1 atom stereocenters. The van der Waals surface area contributed by atoms with Gasteiger partial charge in [-0.1, -0.05) is 30.3 Å². The van der Waals surface area contributed by atoms with Crippen LogP contribution < -0.4 is 4.90 Å². The van der Waals surface area contributed by atoms with Crippen molar-refractivity contribution in [2.75, 3.05) is 18.0 Å². The maximum Gasteiger partial charge on any atom is 0.253 e. The molecule has 6 nitrogen and oxygen atoms in total. The molecule has 33 heavy (non-hydrogen) atoms. The number of piperidine rings is 1. The molecule has 2 aliphatic heterocycles. The molecular formula is C26H25FN4O2.